The van der Waals surface area contributed by atoms with Crippen LogP contribution >= 0.6 is 0 Å². The molecule has 0 amide bonds. The number of nitrogens with zero attached hydrogens (tertiary/aromatic N) is 2. The van der Waals surface area contributed by atoms with Gasteiger partial charge < -0.3 is 4.57 Å². The predicted molar refractivity (Wildman–Crippen MR) is 158 cm³/mol. The van der Waals surface area contributed by atoms with Crippen LogP contribution in [0.25, 0.3) is 50.5 Å². The molecule has 0 aliphatic rings. The average Bonchev–Trinajstić information content (AvgIpc) is 3.26. The van der Waals surface area contributed by atoms with Crippen molar-refractivity contribution in [3.63, 3.8) is 0 Å². The summed E-state index contributed by atoms with van der Waals surface area (Å²) in [6, 6.07) is 45.5. The summed E-state index contributed by atoms with van der Waals surface area (Å²) < 4.78 is 4.71. The van der Waals surface area contributed by atoms with E-state index in [-0.39, 0.29) is 0 Å². The molecule has 0 spiro atoms. The Hall–Kier alpha value is -4.69. The molecule has 0 bridgehead atoms. The predicted octanol–water partition coefficient (Wildman–Crippen LogP) is 8.59. The van der Waals surface area contributed by atoms with Gasteiger partial charge in [0.2, 0.25) is 5.69 Å². The Kier molecular flexibility index (Phi) is 6.23. The van der Waals surface area contributed by atoms with Crippen molar-refractivity contribution >= 4 is 0 Å². The second-order valence-electron chi connectivity index (χ2n) is 9.87. The molecule has 2 heterocycles. The molecule has 2 nitrogen and oxygen atoms in total. The lowest BCUT2D eigenvalue weighted by Crippen LogP contribution is -2.31. The summed E-state index contributed by atoms with van der Waals surface area (Å²) in [7, 11) is 2.15. The summed E-state index contributed by atoms with van der Waals surface area (Å²) in [6.07, 6.45) is 2.23. The lowest BCUT2D eigenvalue weighted by molar-refractivity contribution is -0.660. The fourth-order valence-electron chi connectivity index (χ4n) is 5.54. The molecular weight excluding hydrogens is 460 g/mol. The first-order chi connectivity index (χ1) is 18.6. The Morgan fingerprint density at radius 2 is 1.05 bits per heavy atom. The van der Waals surface area contributed by atoms with Crippen molar-refractivity contribution in [2.45, 2.75) is 13.8 Å². The topological polar surface area (TPSA) is 8.81 Å². The highest BCUT2D eigenvalue weighted by Gasteiger charge is 2.25. The van der Waals surface area contributed by atoms with Crippen LogP contribution in [-0.2, 0) is 7.05 Å². The van der Waals surface area contributed by atoms with E-state index in [1.807, 2.05) is 0 Å². The maximum atomic E-state index is 2.46. The van der Waals surface area contributed by atoms with E-state index in [1.54, 1.807) is 0 Å². The summed E-state index contributed by atoms with van der Waals surface area (Å²) in [5.41, 5.74) is 13.3. The highest BCUT2D eigenvalue weighted by molar-refractivity contribution is 5.87. The van der Waals surface area contributed by atoms with Crippen molar-refractivity contribution < 1.29 is 4.57 Å². The molecule has 0 unspecified atom stereocenters. The smallest absolute Gasteiger partial charge is 0.229 e. The number of hydrogen-bond donors (Lipinski definition) is 0. The van der Waals surface area contributed by atoms with Gasteiger partial charge in [0.1, 0.15) is 12.7 Å². The van der Waals surface area contributed by atoms with Gasteiger partial charge in [0.05, 0.1) is 5.69 Å². The summed E-state index contributed by atoms with van der Waals surface area (Å²) in [6.45, 7) is 4.43. The Morgan fingerprint density at radius 1 is 0.526 bits per heavy atom. The maximum absolute atomic E-state index is 2.46. The van der Waals surface area contributed by atoms with E-state index in [0.717, 1.165) is 0 Å². The van der Waals surface area contributed by atoms with Crippen molar-refractivity contribution in [1.82, 2.24) is 4.57 Å². The molecule has 38 heavy (non-hydrogen) atoms. The van der Waals surface area contributed by atoms with Crippen LogP contribution in [0.15, 0.2) is 134 Å². The van der Waals surface area contributed by atoms with Gasteiger partial charge in [-0.3, -0.25) is 0 Å². The summed E-state index contributed by atoms with van der Waals surface area (Å²) in [5.74, 6) is 0. The third-order valence-electron chi connectivity index (χ3n) is 7.29. The maximum Gasteiger partial charge on any atom is 0.229 e. The van der Waals surface area contributed by atoms with Crippen LogP contribution in [-0.4, -0.2) is 4.57 Å². The molecule has 184 valence electrons. The molecule has 0 aliphatic heterocycles. The van der Waals surface area contributed by atoms with E-state index in [2.05, 4.69) is 164 Å². The largest absolute Gasteiger partial charge is 0.307 e. The van der Waals surface area contributed by atoms with E-state index in [4.69, 9.17) is 0 Å². The zero-order chi connectivity index (χ0) is 26.1. The standard InChI is InChI=1S/C36H31N2/c1-26-24-27(2)38(35(26)34-23-22-31(25-37(34)3)28-14-7-4-8-15-28)36-32(29-16-9-5-10-17-29)20-13-21-33(36)30-18-11-6-12-19-30/h4-25H,1-3H3/q+1. The third-order valence-corrected chi connectivity index (χ3v) is 7.29. The molecule has 0 fully saturated rings. The van der Waals surface area contributed by atoms with Gasteiger partial charge in [0.15, 0.2) is 6.20 Å². The molecule has 0 atom stereocenters. The molecule has 6 aromatic rings. The van der Waals surface area contributed by atoms with Crippen LogP contribution < -0.4 is 4.57 Å². The minimum absolute atomic E-state index is 1.18. The van der Waals surface area contributed by atoms with Crippen molar-refractivity contribution in [3.05, 3.63) is 145 Å². The molecule has 0 radical (unpaired) electrons. The molecular formula is C36H31N2+. The first-order valence-corrected chi connectivity index (χ1v) is 13.1. The van der Waals surface area contributed by atoms with Crippen LogP contribution in [0.4, 0.5) is 0 Å². The quantitative estimate of drug-likeness (QED) is 0.214. The number of benzene rings is 4. The van der Waals surface area contributed by atoms with Crippen molar-refractivity contribution in [2.24, 2.45) is 7.05 Å². The minimum Gasteiger partial charge on any atom is -0.307 e. The molecule has 0 saturated carbocycles. The zero-order valence-corrected chi connectivity index (χ0v) is 22.1. The number of rotatable bonds is 5. The first-order valence-electron chi connectivity index (χ1n) is 13.1. The van der Waals surface area contributed by atoms with E-state index in [9.17, 15) is 0 Å². The number of aryl methyl sites for hydroxylation is 3. The van der Waals surface area contributed by atoms with Gasteiger partial charge >= 0.3 is 0 Å². The van der Waals surface area contributed by atoms with E-state index in [0.29, 0.717) is 0 Å². The van der Waals surface area contributed by atoms with E-state index < -0.39 is 0 Å². The Morgan fingerprint density at radius 3 is 1.58 bits per heavy atom. The SMILES string of the molecule is Cc1cc(C)n(-c2c(-c3ccccc3)cccc2-c2ccccc2)c1-c1ccc(-c2ccccc2)c[n+]1C. The van der Waals surface area contributed by atoms with Crippen LogP contribution in [0.1, 0.15) is 11.3 Å². The van der Waals surface area contributed by atoms with Crippen LogP contribution in [0.2, 0.25) is 0 Å². The second kappa shape index (κ2) is 9.99. The van der Waals surface area contributed by atoms with Gasteiger partial charge in [0.25, 0.3) is 0 Å². The van der Waals surface area contributed by atoms with E-state index >= 15 is 0 Å². The summed E-state index contributed by atoms with van der Waals surface area (Å²) >= 11 is 0. The third kappa shape index (κ3) is 4.25. The molecule has 2 heteroatoms. The number of hydrogen-bond acceptors (Lipinski definition) is 0. The van der Waals surface area contributed by atoms with Crippen LogP contribution in [0.3, 0.4) is 0 Å². The fraction of sp³-hybridized carbons (Fsp3) is 0.0833. The van der Waals surface area contributed by atoms with Gasteiger partial charge in [-0.15, -0.1) is 0 Å². The lowest BCUT2D eigenvalue weighted by atomic mass is 9.95. The van der Waals surface area contributed by atoms with Crippen LogP contribution in [0.5, 0.6) is 0 Å². The molecule has 2 aromatic heterocycles. The molecule has 4 aromatic carbocycles. The average molecular weight is 492 g/mol. The number of aromatic nitrogens is 2. The molecule has 6 rings (SSSR count). The van der Waals surface area contributed by atoms with Gasteiger partial charge in [-0.05, 0) is 48.2 Å². The minimum atomic E-state index is 1.18. The highest BCUT2D eigenvalue weighted by atomic mass is 15.0. The number of para-hydroxylation sites is 1. The zero-order valence-electron chi connectivity index (χ0n) is 22.1. The van der Waals surface area contributed by atoms with Gasteiger partial charge in [-0.1, -0.05) is 109 Å². The monoisotopic (exact) mass is 491 g/mol. The Labute approximate surface area is 225 Å². The first kappa shape index (κ1) is 23.7. The molecule has 0 N–H and O–H groups in total. The van der Waals surface area contributed by atoms with Crippen molar-refractivity contribution in [1.29, 1.82) is 0 Å². The Bertz CT molecular complexity index is 1660. The van der Waals surface area contributed by atoms with Gasteiger partial charge in [-0.25, -0.2) is 0 Å². The van der Waals surface area contributed by atoms with Crippen molar-refractivity contribution in [2.75, 3.05) is 0 Å². The second-order valence-corrected chi connectivity index (χ2v) is 9.87. The number of pyridine rings is 1. The van der Waals surface area contributed by atoms with Gasteiger partial charge in [0, 0.05) is 28.5 Å². The van der Waals surface area contributed by atoms with Crippen LogP contribution in [0, 0.1) is 13.8 Å². The lowest BCUT2D eigenvalue weighted by Gasteiger charge is -2.20. The molecule has 0 aliphatic carbocycles. The Balaban J connectivity index is 1.62. The highest BCUT2D eigenvalue weighted by Crippen LogP contribution is 2.40. The summed E-state index contributed by atoms with van der Waals surface area (Å²) in [4.78, 5) is 0. The van der Waals surface area contributed by atoms with E-state index in [1.165, 1.54) is 61.7 Å². The molecule has 0 saturated heterocycles. The normalized spacial score (nSPS) is 11.0. The van der Waals surface area contributed by atoms with Crippen molar-refractivity contribution in [3.8, 4) is 50.5 Å². The summed E-state index contributed by atoms with van der Waals surface area (Å²) in [5, 5.41) is 0. The fourth-order valence-corrected chi connectivity index (χ4v) is 5.54. The van der Waals surface area contributed by atoms with Gasteiger partial charge in [-0.2, -0.15) is 4.57 Å².